The second-order valence-corrected chi connectivity index (χ2v) is 8.81. The molecule has 0 radical (unpaired) electrons. The molecule has 0 unspecified atom stereocenters. The zero-order chi connectivity index (χ0) is 19.2. The number of carbonyl (C=O) groups is 1. The van der Waals surface area contributed by atoms with Crippen LogP contribution in [0, 0.1) is 0 Å². The number of carbonyl (C=O) groups excluding carboxylic acids is 1. The lowest BCUT2D eigenvalue weighted by molar-refractivity contribution is -0.131. The molecule has 1 amide bonds. The van der Waals surface area contributed by atoms with Crippen LogP contribution < -0.4 is 5.56 Å². The smallest absolute Gasteiger partial charge is 0.293 e. The summed E-state index contributed by atoms with van der Waals surface area (Å²) in [4.78, 5) is 28.6. The molecule has 0 aromatic carbocycles. The van der Waals surface area contributed by atoms with E-state index in [4.69, 9.17) is 0 Å². The number of nitrogens with zero attached hydrogens (tertiary/aromatic N) is 5. The van der Waals surface area contributed by atoms with Crippen molar-refractivity contribution in [2.45, 2.75) is 45.7 Å². The van der Waals surface area contributed by atoms with Gasteiger partial charge in [-0.3, -0.25) is 14.3 Å². The third-order valence-corrected chi connectivity index (χ3v) is 5.69. The van der Waals surface area contributed by atoms with Crippen molar-refractivity contribution in [1.82, 2.24) is 24.5 Å². The zero-order valence-corrected chi connectivity index (χ0v) is 16.6. The van der Waals surface area contributed by atoms with E-state index in [1.54, 1.807) is 22.2 Å². The first kappa shape index (κ1) is 17.9. The summed E-state index contributed by atoms with van der Waals surface area (Å²) in [6.07, 6.45) is 3.74. The maximum atomic E-state index is 13.2. The second-order valence-electron chi connectivity index (χ2n) is 7.87. The monoisotopic (exact) mass is 385 g/mol. The highest BCUT2D eigenvalue weighted by molar-refractivity contribution is 7.13. The number of hydrogen-bond donors (Lipinski definition) is 0. The van der Waals surface area contributed by atoms with Gasteiger partial charge in [0.1, 0.15) is 17.8 Å². The fourth-order valence-corrected chi connectivity index (χ4v) is 4.20. The van der Waals surface area contributed by atoms with E-state index in [0.29, 0.717) is 11.2 Å². The molecule has 3 aromatic rings. The van der Waals surface area contributed by atoms with E-state index in [-0.39, 0.29) is 23.6 Å². The molecule has 27 heavy (non-hydrogen) atoms. The highest BCUT2D eigenvalue weighted by Crippen LogP contribution is 2.30. The first-order valence-corrected chi connectivity index (χ1v) is 10.1. The minimum atomic E-state index is -0.355. The first-order chi connectivity index (χ1) is 12.9. The molecule has 1 fully saturated rings. The van der Waals surface area contributed by atoms with Crippen molar-refractivity contribution in [3.8, 4) is 10.6 Å². The first-order valence-electron chi connectivity index (χ1n) is 9.17. The molecular formula is C19H23N5O2S. The minimum Gasteiger partial charge on any atom is -0.341 e. The van der Waals surface area contributed by atoms with Gasteiger partial charge in [-0.05, 0) is 45.1 Å². The van der Waals surface area contributed by atoms with E-state index < -0.39 is 0 Å². The third kappa shape index (κ3) is 3.18. The molecule has 0 atom stereocenters. The number of fused-ring (bicyclic) bond motifs is 1. The molecule has 0 spiro atoms. The third-order valence-electron chi connectivity index (χ3n) is 4.82. The number of rotatable bonds is 3. The fraction of sp³-hybridized carbons (Fsp3) is 0.474. The van der Waals surface area contributed by atoms with Gasteiger partial charge in [-0.1, -0.05) is 6.07 Å². The van der Waals surface area contributed by atoms with Crippen molar-refractivity contribution in [1.29, 1.82) is 0 Å². The summed E-state index contributed by atoms with van der Waals surface area (Å²) in [7, 11) is 0. The second kappa shape index (κ2) is 6.60. The van der Waals surface area contributed by atoms with E-state index in [1.807, 2.05) is 43.2 Å². The normalized spacial score (nSPS) is 15.0. The summed E-state index contributed by atoms with van der Waals surface area (Å²) >= 11 is 1.56. The summed E-state index contributed by atoms with van der Waals surface area (Å²) < 4.78 is 3.04. The Kier molecular flexibility index (Phi) is 4.38. The van der Waals surface area contributed by atoms with Crippen LogP contribution >= 0.6 is 11.3 Å². The van der Waals surface area contributed by atoms with Crippen LogP contribution in [0.2, 0.25) is 0 Å². The Morgan fingerprint density at radius 2 is 2.00 bits per heavy atom. The van der Waals surface area contributed by atoms with Gasteiger partial charge >= 0.3 is 0 Å². The van der Waals surface area contributed by atoms with E-state index >= 15 is 0 Å². The molecule has 3 aromatic heterocycles. The largest absolute Gasteiger partial charge is 0.341 e. The van der Waals surface area contributed by atoms with E-state index in [1.165, 1.54) is 4.68 Å². The van der Waals surface area contributed by atoms with Crippen molar-refractivity contribution in [2.24, 2.45) is 0 Å². The van der Waals surface area contributed by atoms with Crippen LogP contribution in [-0.4, -0.2) is 43.5 Å². The Hall–Kier alpha value is -2.48. The minimum absolute atomic E-state index is 0.0392. The van der Waals surface area contributed by atoms with Crippen LogP contribution in [0.5, 0.6) is 0 Å². The summed E-state index contributed by atoms with van der Waals surface area (Å²) in [5, 5.41) is 11.7. The Bertz CT molecular complexity index is 1040. The molecule has 4 heterocycles. The molecule has 142 valence electrons. The van der Waals surface area contributed by atoms with Crippen LogP contribution in [0.4, 0.5) is 0 Å². The number of thiophene rings is 1. The van der Waals surface area contributed by atoms with E-state index in [0.717, 1.165) is 36.2 Å². The summed E-state index contributed by atoms with van der Waals surface area (Å²) in [6.45, 7) is 7.49. The predicted molar refractivity (Wildman–Crippen MR) is 106 cm³/mol. The van der Waals surface area contributed by atoms with Crippen LogP contribution in [-0.2, 0) is 16.9 Å². The molecule has 7 nitrogen and oxygen atoms in total. The molecule has 0 aliphatic carbocycles. The average molecular weight is 385 g/mol. The molecule has 1 aliphatic heterocycles. The zero-order valence-electron chi connectivity index (χ0n) is 15.8. The highest BCUT2D eigenvalue weighted by Gasteiger charge is 2.25. The highest BCUT2D eigenvalue weighted by atomic mass is 32.1. The molecule has 0 saturated carbocycles. The maximum Gasteiger partial charge on any atom is 0.293 e. The van der Waals surface area contributed by atoms with Gasteiger partial charge in [-0.2, -0.15) is 10.2 Å². The van der Waals surface area contributed by atoms with Gasteiger partial charge in [0.15, 0.2) is 0 Å². The summed E-state index contributed by atoms with van der Waals surface area (Å²) in [6, 6.07) is 3.92. The Labute approximate surface area is 161 Å². The lowest BCUT2D eigenvalue weighted by Crippen LogP contribution is -2.37. The van der Waals surface area contributed by atoms with Gasteiger partial charge in [0.25, 0.3) is 5.56 Å². The molecular weight excluding hydrogens is 362 g/mol. The predicted octanol–water partition coefficient (Wildman–Crippen LogP) is 2.70. The molecule has 0 bridgehead atoms. The van der Waals surface area contributed by atoms with Crippen LogP contribution in [0.3, 0.4) is 0 Å². The van der Waals surface area contributed by atoms with Crippen molar-refractivity contribution in [3.63, 3.8) is 0 Å². The van der Waals surface area contributed by atoms with Gasteiger partial charge in [0.05, 0.1) is 22.0 Å². The topological polar surface area (TPSA) is 73.0 Å². The standard InChI is InChI=1S/C19H23N5O2S/c1-19(2,3)24-17-13(11-20-24)16(14-7-6-10-27-14)21-23(18(17)26)12-15(25)22-8-4-5-9-22/h6-7,10-11H,4-5,8-9,12H2,1-3H3. The SMILES string of the molecule is CC(C)(C)n1ncc2c(-c3cccs3)nn(CC(=O)N3CCCC3)c(=O)c21. The van der Waals surface area contributed by atoms with Gasteiger partial charge in [-0.15, -0.1) is 11.3 Å². The molecule has 1 aliphatic rings. The van der Waals surface area contributed by atoms with Gasteiger partial charge in [-0.25, -0.2) is 4.68 Å². The van der Waals surface area contributed by atoms with Gasteiger partial charge in [0.2, 0.25) is 5.91 Å². The lowest BCUT2D eigenvalue weighted by Gasteiger charge is -2.21. The van der Waals surface area contributed by atoms with Gasteiger partial charge in [0, 0.05) is 13.1 Å². The van der Waals surface area contributed by atoms with Gasteiger partial charge < -0.3 is 4.90 Å². The van der Waals surface area contributed by atoms with Crippen LogP contribution in [0.25, 0.3) is 21.5 Å². The average Bonchev–Trinajstić information content (AvgIpc) is 3.37. The molecule has 4 rings (SSSR count). The van der Waals surface area contributed by atoms with Crippen LogP contribution in [0.15, 0.2) is 28.5 Å². The maximum absolute atomic E-state index is 13.2. The quantitative estimate of drug-likeness (QED) is 0.695. The number of aromatic nitrogens is 4. The van der Waals surface area contributed by atoms with Crippen LogP contribution in [0.1, 0.15) is 33.6 Å². The van der Waals surface area contributed by atoms with Crippen molar-refractivity contribution in [2.75, 3.05) is 13.1 Å². The van der Waals surface area contributed by atoms with E-state index in [2.05, 4.69) is 10.2 Å². The molecule has 1 saturated heterocycles. The van der Waals surface area contributed by atoms with E-state index in [9.17, 15) is 9.59 Å². The number of likely N-dealkylation sites (tertiary alicyclic amines) is 1. The Morgan fingerprint density at radius 3 is 2.63 bits per heavy atom. The number of hydrogen-bond acceptors (Lipinski definition) is 5. The fourth-order valence-electron chi connectivity index (χ4n) is 3.48. The molecule has 8 heteroatoms. The summed E-state index contributed by atoms with van der Waals surface area (Å²) in [5.41, 5.74) is 0.566. The van der Waals surface area contributed by atoms with Crippen molar-refractivity contribution >= 4 is 28.1 Å². The van der Waals surface area contributed by atoms with Crippen molar-refractivity contribution < 1.29 is 4.79 Å². The number of amides is 1. The Morgan fingerprint density at radius 1 is 1.26 bits per heavy atom. The van der Waals surface area contributed by atoms with Crippen molar-refractivity contribution in [3.05, 3.63) is 34.1 Å². The molecule has 0 N–H and O–H groups in total. The lowest BCUT2D eigenvalue weighted by atomic mass is 10.1. The summed E-state index contributed by atoms with van der Waals surface area (Å²) in [5.74, 6) is -0.0552. The Balaban J connectivity index is 1.89.